The molecular weight excluding hydrogens is 440 g/mol. The molecule has 0 aromatic heterocycles. The highest BCUT2D eigenvalue weighted by Gasteiger charge is 2.39. The van der Waals surface area contributed by atoms with Crippen molar-refractivity contribution >= 4 is 15.9 Å². The van der Waals surface area contributed by atoms with Crippen LogP contribution in [0.15, 0.2) is 23.1 Å². The molecule has 1 aromatic rings. The van der Waals surface area contributed by atoms with Crippen molar-refractivity contribution in [3.63, 3.8) is 0 Å². The SMILES string of the molecule is C[C@@H]1CN([C@@H](C)CO)S(=O)(=O)c2ccc(C#CC3CC3)cc2O[C@@H]1CN(C)C(=O)C1CCC1. The van der Waals surface area contributed by atoms with E-state index in [0.29, 0.717) is 18.0 Å². The van der Waals surface area contributed by atoms with Crippen molar-refractivity contribution in [2.24, 2.45) is 17.8 Å². The Labute approximate surface area is 197 Å². The van der Waals surface area contributed by atoms with Gasteiger partial charge in [0.05, 0.1) is 13.2 Å². The average molecular weight is 475 g/mol. The summed E-state index contributed by atoms with van der Waals surface area (Å²) in [7, 11) is -2.09. The summed E-state index contributed by atoms with van der Waals surface area (Å²) < 4.78 is 34.7. The van der Waals surface area contributed by atoms with Crippen molar-refractivity contribution in [1.82, 2.24) is 9.21 Å². The molecule has 2 aliphatic carbocycles. The number of sulfonamides is 1. The zero-order chi connectivity index (χ0) is 23.8. The Hall–Kier alpha value is -2.08. The molecule has 2 saturated carbocycles. The summed E-state index contributed by atoms with van der Waals surface area (Å²) >= 11 is 0. The van der Waals surface area contributed by atoms with Crippen LogP contribution < -0.4 is 4.74 Å². The minimum Gasteiger partial charge on any atom is -0.487 e. The Morgan fingerprint density at radius 2 is 2.03 bits per heavy atom. The molecule has 0 spiro atoms. The third-order valence-electron chi connectivity index (χ3n) is 6.95. The first-order valence-corrected chi connectivity index (χ1v) is 13.3. The van der Waals surface area contributed by atoms with E-state index in [-0.39, 0.29) is 41.5 Å². The van der Waals surface area contributed by atoms with Crippen molar-refractivity contribution in [3.8, 4) is 17.6 Å². The lowest BCUT2D eigenvalue weighted by atomic mass is 9.84. The van der Waals surface area contributed by atoms with E-state index in [1.54, 1.807) is 37.1 Å². The van der Waals surface area contributed by atoms with Crippen molar-refractivity contribution in [3.05, 3.63) is 23.8 Å². The Morgan fingerprint density at radius 1 is 1.30 bits per heavy atom. The zero-order valence-electron chi connectivity index (χ0n) is 19.7. The molecule has 0 radical (unpaired) electrons. The van der Waals surface area contributed by atoms with Gasteiger partial charge in [0.15, 0.2) is 0 Å². The summed E-state index contributed by atoms with van der Waals surface area (Å²) in [6, 6.07) is 4.38. The zero-order valence-corrected chi connectivity index (χ0v) is 20.5. The van der Waals surface area contributed by atoms with Crippen LogP contribution in [0.2, 0.25) is 0 Å². The number of ether oxygens (including phenoxy) is 1. The molecule has 8 heteroatoms. The molecule has 0 bridgehead atoms. The van der Waals surface area contributed by atoms with Crippen LogP contribution in [0.4, 0.5) is 0 Å². The van der Waals surface area contributed by atoms with E-state index in [2.05, 4.69) is 11.8 Å². The first-order chi connectivity index (χ1) is 15.7. The normalized spacial score (nSPS) is 25.8. The van der Waals surface area contributed by atoms with Crippen LogP contribution >= 0.6 is 0 Å². The molecule has 180 valence electrons. The quantitative estimate of drug-likeness (QED) is 0.663. The fourth-order valence-electron chi connectivity index (χ4n) is 4.26. The highest BCUT2D eigenvalue weighted by atomic mass is 32.2. The van der Waals surface area contributed by atoms with Gasteiger partial charge in [-0.25, -0.2) is 8.42 Å². The van der Waals surface area contributed by atoms with Crippen LogP contribution in [0.3, 0.4) is 0 Å². The van der Waals surface area contributed by atoms with Crippen LogP contribution in [0.5, 0.6) is 5.75 Å². The second-order valence-electron chi connectivity index (χ2n) is 9.79. The summed E-state index contributed by atoms with van der Waals surface area (Å²) in [6.07, 6.45) is 4.76. The summed E-state index contributed by atoms with van der Waals surface area (Å²) in [5.41, 5.74) is 0.712. The predicted molar refractivity (Wildman–Crippen MR) is 125 cm³/mol. The number of benzene rings is 1. The second kappa shape index (κ2) is 9.65. The number of aliphatic hydroxyl groups is 1. The van der Waals surface area contributed by atoms with Crippen molar-refractivity contribution in [2.45, 2.75) is 63.0 Å². The molecule has 33 heavy (non-hydrogen) atoms. The van der Waals surface area contributed by atoms with Gasteiger partial charge >= 0.3 is 0 Å². The molecule has 0 saturated heterocycles. The maximum Gasteiger partial charge on any atom is 0.247 e. The number of hydrogen-bond donors (Lipinski definition) is 1. The summed E-state index contributed by atoms with van der Waals surface area (Å²) in [5, 5.41) is 9.76. The molecule has 4 rings (SSSR count). The van der Waals surface area contributed by atoms with Gasteiger partial charge in [-0.3, -0.25) is 4.79 Å². The van der Waals surface area contributed by atoms with Gasteiger partial charge in [0, 0.05) is 43.0 Å². The van der Waals surface area contributed by atoms with Crippen LogP contribution in [0, 0.1) is 29.6 Å². The maximum absolute atomic E-state index is 13.5. The molecule has 1 amide bonds. The molecule has 3 aliphatic rings. The number of carbonyl (C=O) groups excluding carboxylic acids is 1. The van der Waals surface area contributed by atoms with E-state index < -0.39 is 22.2 Å². The maximum atomic E-state index is 13.5. The van der Waals surface area contributed by atoms with Crippen LogP contribution in [-0.2, 0) is 14.8 Å². The van der Waals surface area contributed by atoms with Crippen molar-refractivity contribution in [1.29, 1.82) is 0 Å². The minimum absolute atomic E-state index is 0.0737. The molecule has 0 unspecified atom stereocenters. The Morgan fingerprint density at radius 3 is 2.64 bits per heavy atom. The molecule has 2 fully saturated rings. The first kappa shape index (κ1) is 24.1. The van der Waals surface area contributed by atoms with E-state index in [1.807, 2.05) is 6.92 Å². The van der Waals surface area contributed by atoms with Gasteiger partial charge < -0.3 is 14.7 Å². The molecule has 1 aliphatic heterocycles. The summed E-state index contributed by atoms with van der Waals surface area (Å²) in [5.74, 6) is 7.04. The summed E-state index contributed by atoms with van der Waals surface area (Å²) in [4.78, 5) is 14.5. The first-order valence-electron chi connectivity index (χ1n) is 11.9. The number of rotatable bonds is 5. The van der Waals surface area contributed by atoms with E-state index >= 15 is 0 Å². The van der Waals surface area contributed by atoms with Gasteiger partial charge in [-0.1, -0.05) is 25.2 Å². The number of aliphatic hydroxyl groups excluding tert-OH is 1. The predicted octanol–water partition coefficient (Wildman–Crippen LogP) is 2.48. The van der Waals surface area contributed by atoms with Crippen LogP contribution in [-0.4, -0.2) is 67.5 Å². The van der Waals surface area contributed by atoms with Gasteiger partial charge in [0.25, 0.3) is 0 Å². The fourth-order valence-corrected chi connectivity index (χ4v) is 6.09. The molecule has 7 nitrogen and oxygen atoms in total. The molecule has 1 heterocycles. The molecular formula is C25H34N2O5S. The van der Waals surface area contributed by atoms with Gasteiger partial charge in [0.2, 0.25) is 15.9 Å². The highest BCUT2D eigenvalue weighted by Crippen LogP contribution is 2.35. The van der Waals surface area contributed by atoms with Gasteiger partial charge in [-0.05, 0) is 50.8 Å². The van der Waals surface area contributed by atoms with Crippen molar-refractivity contribution < 1.29 is 23.1 Å². The number of carbonyl (C=O) groups is 1. The smallest absolute Gasteiger partial charge is 0.247 e. The number of amides is 1. The molecule has 3 atom stereocenters. The minimum atomic E-state index is -3.88. The summed E-state index contributed by atoms with van der Waals surface area (Å²) in [6.45, 7) is 3.92. The lowest BCUT2D eigenvalue weighted by Crippen LogP contribution is -2.50. The number of likely N-dealkylation sites (N-methyl/N-ethyl adjacent to an activating group) is 1. The average Bonchev–Trinajstić information content (AvgIpc) is 3.57. The number of nitrogens with zero attached hydrogens (tertiary/aromatic N) is 2. The van der Waals surface area contributed by atoms with Gasteiger partial charge in [-0.15, -0.1) is 0 Å². The molecule has 1 aromatic carbocycles. The van der Waals surface area contributed by atoms with E-state index in [4.69, 9.17) is 4.74 Å². The third-order valence-corrected chi connectivity index (χ3v) is 8.97. The largest absolute Gasteiger partial charge is 0.487 e. The van der Waals surface area contributed by atoms with Gasteiger partial charge in [0.1, 0.15) is 16.7 Å². The highest BCUT2D eigenvalue weighted by molar-refractivity contribution is 7.89. The Kier molecular flexibility index (Phi) is 7.04. The topological polar surface area (TPSA) is 87.2 Å². The standard InChI is InChI=1S/C25H34N2O5S/c1-17-14-27(18(2)16-28)33(30,31)24-12-11-20(10-9-19-7-8-19)13-22(24)32-23(17)15-26(3)25(29)21-5-4-6-21/h11-13,17-19,21,23,28H,4-8,14-16H2,1-3H3/t17-,18+,23-/m1/s1. The monoisotopic (exact) mass is 474 g/mol. The number of hydrogen-bond acceptors (Lipinski definition) is 5. The fraction of sp³-hybridized carbons (Fsp3) is 0.640. The lowest BCUT2D eigenvalue weighted by molar-refractivity contribution is -0.138. The number of fused-ring (bicyclic) bond motifs is 1. The Bertz CT molecular complexity index is 1050. The second-order valence-corrected chi connectivity index (χ2v) is 11.7. The van der Waals surface area contributed by atoms with Crippen LogP contribution in [0.25, 0.3) is 0 Å². The van der Waals surface area contributed by atoms with Crippen LogP contribution in [0.1, 0.15) is 51.5 Å². The molecule has 1 N–H and O–H groups in total. The van der Waals surface area contributed by atoms with Crippen molar-refractivity contribution in [2.75, 3.05) is 26.7 Å². The lowest BCUT2D eigenvalue weighted by Gasteiger charge is -2.38. The van der Waals surface area contributed by atoms with E-state index in [0.717, 1.165) is 32.1 Å². The van der Waals surface area contributed by atoms with Gasteiger partial charge in [-0.2, -0.15) is 4.31 Å². The third kappa shape index (κ3) is 5.21. The van der Waals surface area contributed by atoms with E-state index in [9.17, 15) is 18.3 Å². The van der Waals surface area contributed by atoms with E-state index in [1.165, 1.54) is 4.31 Å². The Balaban J connectivity index is 1.68.